The molecular weight excluding hydrogens is 182 g/mol. The normalized spacial score (nSPS) is 12.4. The lowest BCUT2D eigenvalue weighted by atomic mass is 11.6. The molecule has 0 aromatic carbocycles. The Labute approximate surface area is 66.4 Å². The molecule has 0 amide bonds. The van der Waals surface area contributed by atoms with Crippen molar-refractivity contribution in [3.05, 3.63) is 5.53 Å². The Morgan fingerprint density at radius 1 is 1.09 bits per heavy atom. The largest absolute Gasteiger partial charge is 0.377 e. The van der Waals surface area contributed by atoms with Gasteiger partial charge in [0.1, 0.15) is 0 Å². The molecule has 0 aromatic rings. The van der Waals surface area contributed by atoms with E-state index in [-0.39, 0.29) is 5.19 Å². The molecule has 0 saturated carbocycles. The van der Waals surface area contributed by atoms with Gasteiger partial charge in [-0.25, -0.2) is 0 Å². The minimum absolute atomic E-state index is 0.0509. The van der Waals surface area contributed by atoms with Gasteiger partial charge < -0.3 is 14.7 Å². The van der Waals surface area contributed by atoms with Gasteiger partial charge in [0.15, 0.2) is 14.3 Å². The van der Waals surface area contributed by atoms with E-state index >= 15 is 0 Å². The number of hydrogen-bond donors (Lipinski definition) is 0. The molecule has 0 heterocycles. The van der Waals surface area contributed by atoms with Crippen LogP contribution in [0.4, 0.5) is 0 Å². The Bertz CT molecular complexity index is 268. The molecule has 0 aliphatic carbocycles. The average molecular weight is 194 g/mol. The topological polar surface area (TPSA) is 70.5 Å². The number of nitrogens with zero attached hydrogens (tertiary/aromatic N) is 2. The Morgan fingerprint density at radius 3 is 1.36 bits per heavy atom. The fourth-order valence-corrected chi connectivity index (χ4v) is 5.87. The molecule has 0 saturated heterocycles. The van der Waals surface area contributed by atoms with E-state index in [1.165, 1.54) is 26.7 Å². The summed E-state index contributed by atoms with van der Waals surface area (Å²) in [5, 5.41) is -0.0509. The zero-order chi connectivity index (χ0) is 9.28. The first-order valence-corrected chi connectivity index (χ1v) is 8.23. The molecule has 0 spiro atoms. The summed E-state index contributed by atoms with van der Waals surface area (Å²) in [4.78, 5) is 2.82. The summed E-state index contributed by atoms with van der Waals surface area (Å²) in [6, 6.07) is 0. The molecule has 6 heteroatoms. The molecule has 4 nitrogen and oxygen atoms in total. The van der Waals surface area contributed by atoms with Crippen LogP contribution in [0.3, 0.4) is 0 Å². The van der Waals surface area contributed by atoms with E-state index < -0.39 is 14.3 Å². The van der Waals surface area contributed by atoms with Crippen LogP contribution in [0.2, 0.25) is 0 Å². The summed E-state index contributed by atoms with van der Waals surface area (Å²) in [6.45, 7) is 5.73. The lowest BCUT2D eigenvalue weighted by Gasteiger charge is -2.03. The summed E-state index contributed by atoms with van der Waals surface area (Å²) in [7, 11) is -5.32. The minimum Gasteiger partial charge on any atom is -0.360 e. The summed E-state index contributed by atoms with van der Waals surface area (Å²) >= 11 is 0. The van der Waals surface area contributed by atoms with Crippen molar-refractivity contribution < 1.29 is 13.9 Å². The van der Waals surface area contributed by atoms with Crippen molar-refractivity contribution >= 4 is 19.5 Å². The smallest absolute Gasteiger partial charge is 0.360 e. The summed E-state index contributed by atoms with van der Waals surface area (Å²) < 4.78 is 22.7. The highest BCUT2D eigenvalue weighted by Gasteiger charge is 2.36. The van der Waals surface area contributed by atoms with Crippen molar-refractivity contribution in [1.82, 2.24) is 0 Å². The van der Waals surface area contributed by atoms with E-state index in [0.29, 0.717) is 0 Å². The van der Waals surface area contributed by atoms with Gasteiger partial charge in [-0.2, -0.15) is 4.79 Å². The molecule has 0 rings (SSSR count). The lowest BCUT2D eigenvalue weighted by molar-refractivity contribution is 0.00359. The first-order chi connectivity index (χ1) is 4.69. The second-order valence-corrected chi connectivity index (χ2v) is 9.71. The zero-order valence-corrected chi connectivity index (χ0v) is 8.89. The van der Waals surface area contributed by atoms with E-state index in [1.54, 1.807) is 0 Å². The fourth-order valence-electron chi connectivity index (χ4n) is 0.795. The van der Waals surface area contributed by atoms with Crippen LogP contribution < -0.4 is 0 Å². The van der Waals surface area contributed by atoms with Crippen LogP contribution in [0.15, 0.2) is 0 Å². The zero-order valence-electron chi connectivity index (χ0n) is 7.11. The van der Waals surface area contributed by atoms with E-state index in [4.69, 9.17) is 5.53 Å². The monoisotopic (exact) mass is 194 g/mol. The third kappa shape index (κ3) is 3.16. The average Bonchev–Trinajstić information content (AvgIpc) is 1.56. The van der Waals surface area contributed by atoms with E-state index in [9.17, 15) is 9.13 Å². The Balaban J connectivity index is 5.25. The van der Waals surface area contributed by atoms with Crippen LogP contribution in [-0.2, 0) is 9.13 Å². The van der Waals surface area contributed by atoms with Crippen LogP contribution in [0.1, 0.15) is 0 Å². The highest BCUT2D eigenvalue weighted by Crippen LogP contribution is 2.54. The van der Waals surface area contributed by atoms with E-state index in [1.807, 2.05) is 0 Å². The van der Waals surface area contributed by atoms with Gasteiger partial charge in [-0.15, -0.1) is 0 Å². The van der Waals surface area contributed by atoms with Gasteiger partial charge in [0.2, 0.25) is 0 Å². The van der Waals surface area contributed by atoms with Crippen molar-refractivity contribution in [2.24, 2.45) is 0 Å². The van der Waals surface area contributed by atoms with Gasteiger partial charge in [0.05, 0.1) is 0 Å². The van der Waals surface area contributed by atoms with Crippen LogP contribution in [0.25, 0.3) is 5.53 Å². The molecule has 0 atom stereocenters. The van der Waals surface area contributed by atoms with Gasteiger partial charge in [-0.3, -0.25) is 0 Å². The second kappa shape index (κ2) is 3.06. The van der Waals surface area contributed by atoms with Crippen LogP contribution >= 0.6 is 14.3 Å². The predicted octanol–water partition coefficient (Wildman–Crippen LogP) is 1.82. The summed E-state index contributed by atoms with van der Waals surface area (Å²) in [5.74, 6) is 0. The van der Waals surface area contributed by atoms with Crippen LogP contribution in [0.5, 0.6) is 0 Å². The standard InChI is InChI=1S/C5H12N2O2P2/c1-10(2,8)5(7-6)11(3,4)9/h1-4H3. The molecule has 0 unspecified atom stereocenters. The predicted molar refractivity (Wildman–Crippen MR) is 47.5 cm³/mol. The molecule has 11 heavy (non-hydrogen) atoms. The number of rotatable bonds is 2. The Kier molecular flexibility index (Phi) is 3.02. The Morgan fingerprint density at radius 2 is 1.36 bits per heavy atom. The highest BCUT2D eigenvalue weighted by atomic mass is 31.2. The molecule has 0 aliphatic heterocycles. The molecule has 0 N–H and O–H groups in total. The van der Waals surface area contributed by atoms with Crippen molar-refractivity contribution in [3.63, 3.8) is 0 Å². The lowest BCUT2D eigenvalue weighted by Crippen LogP contribution is -1.99. The molecule has 0 fully saturated rings. The molecule has 0 aliphatic rings. The molecule has 0 aromatic heterocycles. The SMILES string of the molecule is CP(C)(=O)C(=[N+]=[N-])P(C)(C)=O. The second-order valence-electron chi connectivity index (χ2n) is 3.10. The maximum Gasteiger partial charge on any atom is 0.377 e. The maximum absolute atomic E-state index is 11.3. The van der Waals surface area contributed by atoms with Crippen molar-refractivity contribution in [3.8, 4) is 0 Å². The highest BCUT2D eigenvalue weighted by molar-refractivity contribution is 8.04. The van der Waals surface area contributed by atoms with E-state index in [2.05, 4.69) is 4.79 Å². The van der Waals surface area contributed by atoms with Gasteiger partial charge in [-0.1, -0.05) is 0 Å². The van der Waals surface area contributed by atoms with Crippen molar-refractivity contribution in [2.45, 2.75) is 0 Å². The van der Waals surface area contributed by atoms with Gasteiger partial charge in [-0.05, 0) is 26.7 Å². The molecular formula is C5H12N2O2P2. The third-order valence-corrected chi connectivity index (χ3v) is 6.05. The quantitative estimate of drug-likeness (QED) is 0.291. The van der Waals surface area contributed by atoms with Gasteiger partial charge in [0, 0.05) is 0 Å². The number of hydrogen-bond acceptors (Lipinski definition) is 2. The van der Waals surface area contributed by atoms with Crippen molar-refractivity contribution in [1.29, 1.82) is 0 Å². The molecule has 0 radical (unpaired) electrons. The first-order valence-electron chi connectivity index (χ1n) is 3.02. The van der Waals surface area contributed by atoms with Crippen LogP contribution in [-0.4, -0.2) is 36.6 Å². The van der Waals surface area contributed by atoms with E-state index in [0.717, 1.165) is 0 Å². The first kappa shape index (κ1) is 10.8. The fraction of sp³-hybridized carbons (Fsp3) is 0.800. The maximum atomic E-state index is 11.3. The van der Waals surface area contributed by atoms with Gasteiger partial charge >= 0.3 is 5.19 Å². The minimum atomic E-state index is -2.66. The van der Waals surface area contributed by atoms with Gasteiger partial charge in [0.25, 0.3) is 0 Å². The van der Waals surface area contributed by atoms with Crippen LogP contribution in [0, 0.1) is 0 Å². The summed E-state index contributed by atoms with van der Waals surface area (Å²) in [5.41, 5.74) is 8.44. The van der Waals surface area contributed by atoms with Crippen molar-refractivity contribution in [2.75, 3.05) is 26.7 Å². The summed E-state index contributed by atoms with van der Waals surface area (Å²) in [6.07, 6.45) is 0. The molecule has 0 bridgehead atoms. The third-order valence-electron chi connectivity index (χ3n) is 1.05. The Hall–Kier alpha value is -0.160. The molecule has 64 valence electrons.